The zero-order chi connectivity index (χ0) is 9.26. The summed E-state index contributed by atoms with van der Waals surface area (Å²) in [6.07, 6.45) is -0.686. The van der Waals surface area contributed by atoms with Crippen LogP contribution >= 0.6 is 12.4 Å². The minimum atomic E-state index is -2.10. The molecule has 0 radical (unpaired) electrons. The maximum atomic E-state index is 12.2. The van der Waals surface area contributed by atoms with Crippen molar-refractivity contribution in [2.24, 2.45) is 5.92 Å². The van der Waals surface area contributed by atoms with Gasteiger partial charge in [-0.25, -0.2) is 8.78 Å². The van der Waals surface area contributed by atoms with E-state index in [1.807, 2.05) is 0 Å². The van der Waals surface area contributed by atoms with Crippen molar-refractivity contribution in [1.82, 2.24) is 10.2 Å². The quantitative estimate of drug-likeness (QED) is 0.765. The second-order valence-electron chi connectivity index (χ2n) is 4.01. The maximum Gasteiger partial charge on any atom is 0.241 e. The van der Waals surface area contributed by atoms with Crippen LogP contribution in [0.5, 0.6) is 0 Å². The lowest BCUT2D eigenvalue weighted by Gasteiger charge is -2.44. The Labute approximate surface area is 89.4 Å². The van der Waals surface area contributed by atoms with E-state index in [0.29, 0.717) is 18.9 Å². The second-order valence-corrected chi connectivity index (χ2v) is 4.01. The van der Waals surface area contributed by atoms with Gasteiger partial charge in [0, 0.05) is 38.1 Å². The Balaban J connectivity index is 0.000000980. The molecule has 0 aromatic heterocycles. The van der Waals surface area contributed by atoms with Gasteiger partial charge in [0.15, 0.2) is 0 Å². The third-order valence-electron chi connectivity index (χ3n) is 3.17. The van der Waals surface area contributed by atoms with E-state index in [4.69, 9.17) is 0 Å². The smallest absolute Gasteiger partial charge is 0.241 e. The largest absolute Gasteiger partial charge is 0.314 e. The fourth-order valence-electron chi connectivity index (χ4n) is 2.18. The Kier molecular flexibility index (Phi) is 4.54. The molecule has 5 heteroatoms. The predicted octanol–water partition coefficient (Wildman–Crippen LogP) is 1.36. The highest BCUT2D eigenvalue weighted by Crippen LogP contribution is 2.35. The molecule has 0 spiro atoms. The Morgan fingerprint density at radius 2 is 1.71 bits per heavy atom. The van der Waals surface area contributed by atoms with E-state index in [-0.39, 0.29) is 18.3 Å². The molecule has 84 valence electrons. The van der Waals surface area contributed by atoms with Crippen LogP contribution in [0.2, 0.25) is 0 Å². The summed E-state index contributed by atoms with van der Waals surface area (Å²) in [7, 11) is 0. The Hall–Kier alpha value is 0.0700. The highest BCUT2D eigenvalue weighted by Gasteiger charge is 2.38. The van der Waals surface area contributed by atoms with Crippen LogP contribution in [0, 0.1) is 5.92 Å². The molecule has 1 aliphatic carbocycles. The molecule has 1 aliphatic heterocycles. The number of piperazine rings is 1. The summed E-state index contributed by atoms with van der Waals surface area (Å²) in [6.45, 7) is 4.08. The van der Waals surface area contributed by atoms with Gasteiger partial charge < -0.3 is 5.32 Å². The molecule has 0 amide bonds. The number of rotatable bonds is 2. The van der Waals surface area contributed by atoms with Gasteiger partial charge in [0.25, 0.3) is 0 Å². The van der Waals surface area contributed by atoms with Gasteiger partial charge in [-0.15, -0.1) is 12.4 Å². The first kappa shape index (κ1) is 12.1. The summed E-state index contributed by atoms with van der Waals surface area (Å²) in [5.41, 5.74) is 0. The van der Waals surface area contributed by atoms with E-state index in [1.165, 1.54) is 0 Å². The summed E-state index contributed by atoms with van der Waals surface area (Å²) in [5, 5.41) is 3.26. The highest BCUT2D eigenvalue weighted by molar-refractivity contribution is 5.85. The van der Waals surface area contributed by atoms with Gasteiger partial charge >= 0.3 is 0 Å². The van der Waals surface area contributed by atoms with Crippen molar-refractivity contribution in [2.45, 2.75) is 25.3 Å². The number of alkyl halides is 2. The van der Waals surface area contributed by atoms with Gasteiger partial charge in [-0.2, -0.15) is 0 Å². The lowest BCUT2D eigenvalue weighted by molar-refractivity contribution is -0.0254. The summed E-state index contributed by atoms with van der Waals surface area (Å²) in [4.78, 5) is 2.34. The number of hydrogen-bond acceptors (Lipinski definition) is 2. The first-order valence-electron chi connectivity index (χ1n) is 5.00. The Bertz CT molecular complexity index is 168. The molecule has 0 aromatic carbocycles. The molecule has 0 unspecified atom stereocenters. The highest BCUT2D eigenvalue weighted by atomic mass is 35.5. The fraction of sp³-hybridized carbons (Fsp3) is 1.00. The molecule has 2 nitrogen and oxygen atoms in total. The SMILES string of the molecule is Cl.FC(F)C1CC(N2CCNCC2)C1. The Morgan fingerprint density at radius 3 is 2.21 bits per heavy atom. The average molecular weight is 227 g/mol. The second kappa shape index (κ2) is 5.24. The van der Waals surface area contributed by atoms with Crippen LogP contribution in [0.4, 0.5) is 8.78 Å². The molecule has 2 aliphatic rings. The summed E-state index contributed by atoms with van der Waals surface area (Å²) < 4.78 is 24.4. The van der Waals surface area contributed by atoms with Gasteiger partial charge in [-0.3, -0.25) is 4.90 Å². The molecule has 14 heavy (non-hydrogen) atoms. The van der Waals surface area contributed by atoms with Crippen molar-refractivity contribution in [3.05, 3.63) is 0 Å². The molecular formula is C9H17ClF2N2. The molecule has 1 N–H and O–H groups in total. The standard InChI is InChI=1S/C9H16F2N2.ClH/c10-9(11)7-5-8(6-7)13-3-1-12-2-4-13;/h7-9,12H,1-6H2;1H. The molecular weight excluding hydrogens is 210 g/mol. The molecule has 2 fully saturated rings. The van der Waals surface area contributed by atoms with Crippen molar-refractivity contribution in [3.63, 3.8) is 0 Å². The van der Waals surface area contributed by atoms with Crippen LogP contribution in [-0.4, -0.2) is 43.5 Å². The zero-order valence-corrected chi connectivity index (χ0v) is 8.90. The first-order valence-corrected chi connectivity index (χ1v) is 5.00. The van der Waals surface area contributed by atoms with E-state index in [9.17, 15) is 8.78 Å². The Morgan fingerprint density at radius 1 is 1.14 bits per heavy atom. The van der Waals surface area contributed by atoms with Gasteiger partial charge in [-0.05, 0) is 12.8 Å². The lowest BCUT2D eigenvalue weighted by Crippen LogP contribution is -2.53. The normalized spacial score (nSPS) is 33.6. The minimum absolute atomic E-state index is 0. The topological polar surface area (TPSA) is 15.3 Å². The third kappa shape index (κ3) is 2.55. The number of hydrogen-bond donors (Lipinski definition) is 1. The van der Waals surface area contributed by atoms with Crippen molar-refractivity contribution in [1.29, 1.82) is 0 Å². The lowest BCUT2D eigenvalue weighted by atomic mass is 9.79. The van der Waals surface area contributed by atoms with Crippen molar-refractivity contribution in [2.75, 3.05) is 26.2 Å². The maximum absolute atomic E-state index is 12.2. The van der Waals surface area contributed by atoms with E-state index >= 15 is 0 Å². The van der Waals surface area contributed by atoms with Gasteiger partial charge in [0.1, 0.15) is 0 Å². The van der Waals surface area contributed by atoms with Crippen LogP contribution in [0.25, 0.3) is 0 Å². The van der Waals surface area contributed by atoms with Gasteiger partial charge in [0.05, 0.1) is 0 Å². The van der Waals surface area contributed by atoms with Crippen molar-refractivity contribution >= 4 is 12.4 Å². The summed E-state index contributed by atoms with van der Waals surface area (Å²) >= 11 is 0. The van der Waals surface area contributed by atoms with Crippen LogP contribution in [0.15, 0.2) is 0 Å². The molecule has 1 saturated carbocycles. The third-order valence-corrected chi connectivity index (χ3v) is 3.17. The number of nitrogens with zero attached hydrogens (tertiary/aromatic N) is 1. The molecule has 1 heterocycles. The van der Waals surface area contributed by atoms with E-state index in [2.05, 4.69) is 10.2 Å². The fourth-order valence-corrected chi connectivity index (χ4v) is 2.18. The first-order chi connectivity index (χ1) is 6.27. The molecule has 0 aromatic rings. The number of nitrogens with one attached hydrogen (secondary N) is 1. The molecule has 2 rings (SSSR count). The molecule has 0 atom stereocenters. The van der Waals surface area contributed by atoms with Gasteiger partial charge in [0.2, 0.25) is 6.43 Å². The van der Waals surface area contributed by atoms with E-state index in [1.54, 1.807) is 0 Å². The summed E-state index contributed by atoms with van der Waals surface area (Å²) in [5.74, 6) is -0.320. The number of halogens is 3. The van der Waals surface area contributed by atoms with Crippen molar-refractivity contribution < 1.29 is 8.78 Å². The minimum Gasteiger partial charge on any atom is -0.314 e. The van der Waals surface area contributed by atoms with Crippen LogP contribution in [0.1, 0.15) is 12.8 Å². The van der Waals surface area contributed by atoms with E-state index in [0.717, 1.165) is 26.2 Å². The monoisotopic (exact) mass is 226 g/mol. The molecule has 0 bridgehead atoms. The zero-order valence-electron chi connectivity index (χ0n) is 8.09. The molecule has 1 saturated heterocycles. The van der Waals surface area contributed by atoms with Crippen LogP contribution < -0.4 is 5.32 Å². The van der Waals surface area contributed by atoms with Crippen LogP contribution in [0.3, 0.4) is 0 Å². The van der Waals surface area contributed by atoms with Gasteiger partial charge in [-0.1, -0.05) is 0 Å². The average Bonchev–Trinajstić information content (AvgIpc) is 2.02. The predicted molar refractivity (Wildman–Crippen MR) is 54.2 cm³/mol. The van der Waals surface area contributed by atoms with Crippen molar-refractivity contribution in [3.8, 4) is 0 Å². The van der Waals surface area contributed by atoms with Crippen LogP contribution in [-0.2, 0) is 0 Å². The van der Waals surface area contributed by atoms with E-state index < -0.39 is 6.43 Å². The summed E-state index contributed by atoms with van der Waals surface area (Å²) in [6, 6.07) is 0.445.